The maximum absolute atomic E-state index is 13.4. The molecule has 292 valence electrons. The molecule has 15 nitrogen and oxygen atoms in total. The number of hydrogen-bond acceptors (Lipinski definition) is 10. The molecule has 2 saturated heterocycles. The Labute approximate surface area is 319 Å². The zero-order valence-corrected chi connectivity index (χ0v) is 31.4. The number of imide groups is 2. The summed E-state index contributed by atoms with van der Waals surface area (Å²) in [6.45, 7) is 7.86. The molecule has 0 aliphatic carbocycles. The normalized spacial score (nSPS) is 19.2. The van der Waals surface area contributed by atoms with Crippen molar-refractivity contribution in [3.63, 3.8) is 0 Å². The molecule has 6 N–H and O–H groups in total. The van der Waals surface area contributed by atoms with E-state index in [2.05, 4.69) is 45.0 Å². The minimum Gasteiger partial charge on any atom is -0.493 e. The number of pyridine rings is 1. The third-order valence-electron chi connectivity index (χ3n) is 10.8. The number of urea groups is 1. The molecule has 3 aliphatic rings. The number of carbonyl (C=O) groups is 5. The van der Waals surface area contributed by atoms with Gasteiger partial charge in [0.2, 0.25) is 17.4 Å². The SMILES string of the molecule is CCCC(CC)CCN1CCC[C@H](C(=N)NC(=O)Nc2ccc(OCCCNc3cccc4c3C(=O)N(C3CCC(=O)NC3=O)C4=O)c3ccc(=O)[nH]c23)C1. The smallest absolute Gasteiger partial charge is 0.324 e. The molecular weight excluding hydrogens is 704 g/mol. The van der Waals surface area contributed by atoms with Gasteiger partial charge in [-0.25, -0.2) is 4.79 Å². The number of fused-ring (bicyclic) bond motifs is 2. The number of ether oxygens (including phenoxy) is 1. The van der Waals surface area contributed by atoms with E-state index in [1.165, 1.54) is 25.3 Å². The largest absolute Gasteiger partial charge is 0.493 e. The number of amidine groups is 1. The fourth-order valence-corrected chi connectivity index (χ4v) is 7.79. The molecule has 4 heterocycles. The van der Waals surface area contributed by atoms with Crippen LogP contribution in [0.15, 0.2) is 47.3 Å². The first kappa shape index (κ1) is 39.1. The molecule has 6 rings (SSSR count). The van der Waals surface area contributed by atoms with Crippen molar-refractivity contribution in [2.24, 2.45) is 11.8 Å². The number of aromatic amines is 1. The van der Waals surface area contributed by atoms with Crippen LogP contribution in [-0.2, 0) is 9.59 Å². The molecule has 1 aromatic heterocycles. The van der Waals surface area contributed by atoms with Crippen molar-refractivity contribution in [1.82, 2.24) is 25.4 Å². The summed E-state index contributed by atoms with van der Waals surface area (Å²) in [6, 6.07) is 9.62. The average Bonchev–Trinajstić information content (AvgIpc) is 3.43. The van der Waals surface area contributed by atoms with Crippen molar-refractivity contribution in [2.45, 2.75) is 77.7 Å². The van der Waals surface area contributed by atoms with Gasteiger partial charge in [0.05, 0.1) is 28.9 Å². The first-order valence-corrected chi connectivity index (χ1v) is 19.3. The second-order valence-corrected chi connectivity index (χ2v) is 14.5. The van der Waals surface area contributed by atoms with Gasteiger partial charge in [0.15, 0.2) is 0 Å². The van der Waals surface area contributed by atoms with Crippen LogP contribution >= 0.6 is 0 Å². The Hall–Kier alpha value is -5.57. The lowest BCUT2D eigenvalue weighted by Crippen LogP contribution is -2.54. The first-order valence-electron chi connectivity index (χ1n) is 19.3. The van der Waals surface area contributed by atoms with Crippen LogP contribution in [0.5, 0.6) is 5.75 Å². The molecule has 15 heteroatoms. The predicted octanol–water partition coefficient (Wildman–Crippen LogP) is 4.84. The lowest BCUT2D eigenvalue weighted by molar-refractivity contribution is -0.136. The second kappa shape index (κ2) is 17.7. The molecular formula is C40H50N8O7. The van der Waals surface area contributed by atoms with Crippen LogP contribution in [0.25, 0.3) is 10.9 Å². The van der Waals surface area contributed by atoms with Crippen molar-refractivity contribution in [3.8, 4) is 5.75 Å². The van der Waals surface area contributed by atoms with E-state index in [0.29, 0.717) is 41.0 Å². The number of amides is 6. The fraction of sp³-hybridized carbons (Fsp3) is 0.475. The van der Waals surface area contributed by atoms with Gasteiger partial charge < -0.3 is 25.3 Å². The van der Waals surface area contributed by atoms with Crippen LogP contribution in [0.1, 0.15) is 92.4 Å². The second-order valence-electron chi connectivity index (χ2n) is 14.5. The summed E-state index contributed by atoms with van der Waals surface area (Å²) in [4.78, 5) is 82.2. The zero-order valence-electron chi connectivity index (χ0n) is 31.4. The van der Waals surface area contributed by atoms with Crippen molar-refractivity contribution in [3.05, 3.63) is 63.9 Å². The van der Waals surface area contributed by atoms with E-state index in [-0.39, 0.29) is 47.9 Å². The summed E-state index contributed by atoms with van der Waals surface area (Å²) in [5.41, 5.74) is 1.21. The van der Waals surface area contributed by atoms with Gasteiger partial charge in [0.25, 0.3) is 11.8 Å². The van der Waals surface area contributed by atoms with Crippen LogP contribution in [0.3, 0.4) is 0 Å². The number of nitrogens with one attached hydrogen (secondary N) is 6. The van der Waals surface area contributed by atoms with E-state index < -0.39 is 35.7 Å². The summed E-state index contributed by atoms with van der Waals surface area (Å²) in [5, 5.41) is 20.2. The van der Waals surface area contributed by atoms with Gasteiger partial charge >= 0.3 is 6.03 Å². The van der Waals surface area contributed by atoms with E-state index in [0.717, 1.165) is 49.7 Å². The topological polar surface area (TPSA) is 206 Å². The first-order chi connectivity index (χ1) is 26.6. The molecule has 2 fully saturated rings. The number of nitrogens with zero attached hydrogens (tertiary/aromatic N) is 2. The van der Waals surface area contributed by atoms with E-state index in [1.807, 2.05) is 0 Å². The lowest BCUT2D eigenvalue weighted by atomic mass is 9.94. The van der Waals surface area contributed by atoms with Crippen molar-refractivity contribution < 1.29 is 28.7 Å². The van der Waals surface area contributed by atoms with Crippen LogP contribution in [-0.4, -0.2) is 89.1 Å². The number of benzene rings is 2. The van der Waals surface area contributed by atoms with Crippen LogP contribution < -0.4 is 31.6 Å². The molecule has 0 bridgehead atoms. The highest BCUT2D eigenvalue weighted by Gasteiger charge is 2.45. The number of piperidine rings is 2. The van der Waals surface area contributed by atoms with E-state index >= 15 is 0 Å². The highest BCUT2D eigenvalue weighted by atomic mass is 16.5. The number of anilines is 2. The maximum Gasteiger partial charge on any atom is 0.324 e. The van der Waals surface area contributed by atoms with Gasteiger partial charge in [-0.15, -0.1) is 0 Å². The Morgan fingerprint density at radius 1 is 1.00 bits per heavy atom. The molecule has 3 aromatic rings. The number of likely N-dealkylation sites (tertiary alicyclic amines) is 1. The van der Waals surface area contributed by atoms with E-state index in [9.17, 15) is 28.8 Å². The van der Waals surface area contributed by atoms with Gasteiger partial charge in [-0.1, -0.05) is 39.2 Å². The summed E-state index contributed by atoms with van der Waals surface area (Å²) in [7, 11) is 0. The summed E-state index contributed by atoms with van der Waals surface area (Å²) in [6.07, 6.45) is 7.17. The van der Waals surface area contributed by atoms with Gasteiger partial charge in [-0.3, -0.25) is 44.9 Å². The Bertz CT molecular complexity index is 2030. The Morgan fingerprint density at radius 2 is 1.84 bits per heavy atom. The summed E-state index contributed by atoms with van der Waals surface area (Å²) < 4.78 is 6.08. The Morgan fingerprint density at radius 3 is 2.62 bits per heavy atom. The van der Waals surface area contributed by atoms with Crippen molar-refractivity contribution in [1.29, 1.82) is 5.41 Å². The number of hydrogen-bond donors (Lipinski definition) is 6. The standard InChI is InChI=1S/C40H50N8O7/c1-3-8-24(4-2)18-21-47-20-6-9-25(23-47)36(41)46-40(54)43-29-13-15-31(26-12-16-32(49)44-35(26)29)55-22-7-19-42-28-11-5-10-27-34(28)39(53)48(38(27)52)30-14-17-33(50)45-37(30)51/h5,10-13,15-16,24-25,30,42H,3-4,6-9,14,17-23H2,1-2H3,(H,44,49)(H,45,50,51)(H3,41,43,46,54)/t24?,25-,30?/m0/s1. The van der Waals surface area contributed by atoms with Gasteiger partial charge in [-0.2, -0.15) is 0 Å². The Kier molecular flexibility index (Phi) is 12.6. The number of carbonyl (C=O) groups excluding carboxylic acids is 5. The molecule has 0 spiro atoms. The van der Waals surface area contributed by atoms with Gasteiger partial charge in [0.1, 0.15) is 17.6 Å². The molecule has 2 unspecified atom stereocenters. The van der Waals surface area contributed by atoms with Crippen molar-refractivity contribution in [2.75, 3.05) is 43.4 Å². The maximum atomic E-state index is 13.4. The lowest BCUT2D eigenvalue weighted by Gasteiger charge is -2.33. The minimum atomic E-state index is -1.05. The monoisotopic (exact) mass is 754 g/mol. The number of rotatable bonds is 15. The molecule has 0 saturated carbocycles. The zero-order chi connectivity index (χ0) is 39.1. The highest BCUT2D eigenvalue weighted by Crippen LogP contribution is 2.33. The summed E-state index contributed by atoms with van der Waals surface area (Å²) in [5.74, 6) is -0.950. The van der Waals surface area contributed by atoms with E-state index in [1.54, 1.807) is 36.4 Å². The van der Waals surface area contributed by atoms with Crippen LogP contribution in [0, 0.1) is 17.2 Å². The third-order valence-corrected chi connectivity index (χ3v) is 10.8. The Balaban J connectivity index is 1.02. The van der Waals surface area contributed by atoms with Gasteiger partial charge in [-0.05, 0) is 81.4 Å². The van der Waals surface area contributed by atoms with Gasteiger partial charge in [0, 0.05) is 42.6 Å². The highest BCUT2D eigenvalue weighted by molar-refractivity contribution is 6.25. The van der Waals surface area contributed by atoms with Crippen LogP contribution in [0.2, 0.25) is 0 Å². The molecule has 0 radical (unpaired) electrons. The molecule has 3 atom stereocenters. The molecule has 55 heavy (non-hydrogen) atoms. The van der Waals surface area contributed by atoms with E-state index in [4.69, 9.17) is 10.1 Å². The summed E-state index contributed by atoms with van der Waals surface area (Å²) >= 11 is 0. The fourth-order valence-electron chi connectivity index (χ4n) is 7.79. The molecule has 2 aromatic carbocycles. The quantitative estimate of drug-likeness (QED) is 0.0543. The predicted molar refractivity (Wildman–Crippen MR) is 209 cm³/mol. The number of aromatic nitrogens is 1. The molecule has 6 amide bonds. The average molecular weight is 755 g/mol. The third kappa shape index (κ3) is 9.05. The van der Waals surface area contributed by atoms with Crippen LogP contribution in [0.4, 0.5) is 16.2 Å². The molecule has 3 aliphatic heterocycles. The van der Waals surface area contributed by atoms with Crippen molar-refractivity contribution >= 4 is 57.8 Å². The minimum absolute atomic E-state index is 0.0405. The number of H-pyrrole nitrogens is 1.